The molecule has 1 aliphatic heterocycles. The van der Waals surface area contributed by atoms with Crippen molar-refractivity contribution in [3.05, 3.63) is 52.0 Å². The molecule has 0 aliphatic carbocycles. The molecule has 0 atom stereocenters. The SMILES string of the molecule is COc1ccc(COC(=O)c2ccc3c(c2)NC(=O)CS3)cc1Br. The van der Waals surface area contributed by atoms with Crippen LogP contribution in [0.15, 0.2) is 45.8 Å². The molecule has 5 nitrogen and oxygen atoms in total. The van der Waals surface area contributed by atoms with Crippen LogP contribution in [0.1, 0.15) is 15.9 Å². The second-order valence-electron chi connectivity index (χ2n) is 5.09. The van der Waals surface area contributed by atoms with Crippen LogP contribution in [-0.2, 0) is 16.1 Å². The maximum atomic E-state index is 12.2. The number of esters is 1. The minimum Gasteiger partial charge on any atom is -0.496 e. The highest BCUT2D eigenvalue weighted by Gasteiger charge is 2.18. The first-order valence-electron chi connectivity index (χ1n) is 7.13. The molecule has 0 aromatic heterocycles. The number of halogens is 1. The van der Waals surface area contributed by atoms with E-state index in [4.69, 9.17) is 9.47 Å². The number of carbonyl (C=O) groups is 2. The number of methoxy groups -OCH3 is 1. The highest BCUT2D eigenvalue weighted by atomic mass is 79.9. The minimum absolute atomic E-state index is 0.0684. The van der Waals surface area contributed by atoms with Crippen LogP contribution in [0, 0.1) is 0 Å². The smallest absolute Gasteiger partial charge is 0.338 e. The number of fused-ring (bicyclic) bond motifs is 1. The van der Waals surface area contributed by atoms with Crippen molar-refractivity contribution in [1.82, 2.24) is 0 Å². The van der Waals surface area contributed by atoms with E-state index in [2.05, 4.69) is 21.2 Å². The molecule has 2 aromatic rings. The Morgan fingerprint density at radius 1 is 1.29 bits per heavy atom. The van der Waals surface area contributed by atoms with E-state index in [9.17, 15) is 9.59 Å². The lowest BCUT2D eigenvalue weighted by Gasteiger charge is -2.16. The first-order valence-corrected chi connectivity index (χ1v) is 8.91. The van der Waals surface area contributed by atoms with Crippen molar-refractivity contribution in [2.24, 2.45) is 0 Å². The molecule has 0 bridgehead atoms. The zero-order valence-corrected chi connectivity index (χ0v) is 15.2. The molecule has 3 rings (SSSR count). The van der Waals surface area contributed by atoms with E-state index in [1.54, 1.807) is 25.3 Å². The molecule has 0 spiro atoms. The van der Waals surface area contributed by atoms with Gasteiger partial charge in [-0.2, -0.15) is 0 Å². The molecule has 0 fully saturated rings. The van der Waals surface area contributed by atoms with E-state index in [0.29, 0.717) is 22.8 Å². The summed E-state index contributed by atoms with van der Waals surface area (Å²) in [5, 5.41) is 2.76. The lowest BCUT2D eigenvalue weighted by atomic mass is 10.2. The first kappa shape index (κ1) is 16.9. The number of hydrogen-bond donors (Lipinski definition) is 1. The fraction of sp³-hybridized carbons (Fsp3) is 0.176. The van der Waals surface area contributed by atoms with Gasteiger partial charge in [-0.15, -0.1) is 11.8 Å². The quantitative estimate of drug-likeness (QED) is 0.779. The van der Waals surface area contributed by atoms with Crippen LogP contribution in [0.4, 0.5) is 5.69 Å². The summed E-state index contributed by atoms with van der Waals surface area (Å²) in [6.07, 6.45) is 0. The van der Waals surface area contributed by atoms with Crippen molar-refractivity contribution in [3.63, 3.8) is 0 Å². The van der Waals surface area contributed by atoms with Gasteiger partial charge in [-0.25, -0.2) is 4.79 Å². The van der Waals surface area contributed by atoms with Crippen LogP contribution in [0.25, 0.3) is 0 Å². The summed E-state index contributed by atoms with van der Waals surface area (Å²) in [5.41, 5.74) is 1.90. The molecule has 2 aromatic carbocycles. The van der Waals surface area contributed by atoms with E-state index in [-0.39, 0.29) is 12.5 Å². The van der Waals surface area contributed by atoms with Crippen LogP contribution < -0.4 is 10.1 Å². The van der Waals surface area contributed by atoms with Gasteiger partial charge in [-0.1, -0.05) is 6.07 Å². The van der Waals surface area contributed by atoms with E-state index in [1.807, 2.05) is 18.2 Å². The third-order valence-corrected chi connectivity index (χ3v) is 5.13. The fourth-order valence-electron chi connectivity index (χ4n) is 2.24. The predicted molar refractivity (Wildman–Crippen MR) is 95.6 cm³/mol. The van der Waals surface area contributed by atoms with Crippen molar-refractivity contribution in [2.45, 2.75) is 11.5 Å². The third-order valence-electron chi connectivity index (χ3n) is 3.43. The molecular weight excluding hydrogens is 394 g/mol. The Bertz CT molecular complexity index is 809. The van der Waals surface area contributed by atoms with Gasteiger partial charge in [-0.3, -0.25) is 4.79 Å². The molecule has 1 N–H and O–H groups in total. The highest BCUT2D eigenvalue weighted by Crippen LogP contribution is 2.32. The lowest BCUT2D eigenvalue weighted by Crippen LogP contribution is -2.19. The number of ether oxygens (including phenoxy) is 2. The molecule has 0 radical (unpaired) electrons. The van der Waals surface area contributed by atoms with E-state index in [0.717, 1.165) is 14.9 Å². The predicted octanol–water partition coefficient (Wildman–Crippen LogP) is 3.86. The van der Waals surface area contributed by atoms with Gasteiger partial charge in [0.1, 0.15) is 12.4 Å². The normalized spacial score (nSPS) is 13.0. The summed E-state index contributed by atoms with van der Waals surface area (Å²) in [4.78, 5) is 24.6. The number of nitrogens with one attached hydrogen (secondary N) is 1. The molecule has 124 valence electrons. The Balaban J connectivity index is 1.68. The molecule has 1 aliphatic rings. The second kappa shape index (κ2) is 7.27. The summed E-state index contributed by atoms with van der Waals surface area (Å²) < 4.78 is 11.3. The molecule has 0 saturated carbocycles. The summed E-state index contributed by atoms with van der Waals surface area (Å²) in [7, 11) is 1.59. The van der Waals surface area contributed by atoms with Gasteiger partial charge in [0.25, 0.3) is 0 Å². The summed E-state index contributed by atoms with van der Waals surface area (Å²) in [6, 6.07) is 10.6. The van der Waals surface area contributed by atoms with Gasteiger partial charge in [-0.05, 0) is 51.8 Å². The van der Waals surface area contributed by atoms with Crippen molar-refractivity contribution in [2.75, 3.05) is 18.2 Å². The number of hydrogen-bond acceptors (Lipinski definition) is 5. The number of rotatable bonds is 4. The topological polar surface area (TPSA) is 64.6 Å². The maximum absolute atomic E-state index is 12.2. The molecule has 0 saturated heterocycles. The fourth-order valence-corrected chi connectivity index (χ4v) is 3.62. The van der Waals surface area contributed by atoms with Gasteiger partial charge < -0.3 is 14.8 Å². The van der Waals surface area contributed by atoms with Crippen LogP contribution in [0.2, 0.25) is 0 Å². The Kier molecular flexibility index (Phi) is 5.11. The Morgan fingerprint density at radius 2 is 2.12 bits per heavy atom. The van der Waals surface area contributed by atoms with Gasteiger partial charge in [0.15, 0.2) is 0 Å². The number of anilines is 1. The van der Waals surface area contributed by atoms with Crippen LogP contribution >= 0.6 is 27.7 Å². The number of carbonyl (C=O) groups excluding carboxylic acids is 2. The van der Waals surface area contributed by atoms with Crippen LogP contribution in [-0.4, -0.2) is 24.7 Å². The Hall–Kier alpha value is -1.99. The molecule has 0 unspecified atom stereocenters. The number of amides is 1. The Labute approximate surface area is 151 Å². The molecule has 1 amide bonds. The maximum Gasteiger partial charge on any atom is 0.338 e. The monoisotopic (exact) mass is 407 g/mol. The van der Waals surface area contributed by atoms with Crippen LogP contribution in [0.3, 0.4) is 0 Å². The molecular formula is C17H14BrNO4S. The van der Waals surface area contributed by atoms with Gasteiger partial charge in [0, 0.05) is 4.90 Å². The minimum atomic E-state index is -0.436. The number of thioether (sulfide) groups is 1. The lowest BCUT2D eigenvalue weighted by molar-refractivity contribution is -0.113. The average molecular weight is 408 g/mol. The van der Waals surface area contributed by atoms with Crippen LogP contribution in [0.5, 0.6) is 5.75 Å². The standard InChI is InChI=1S/C17H14BrNO4S/c1-22-14-4-2-10(6-12(14)18)8-23-17(21)11-3-5-15-13(7-11)19-16(20)9-24-15/h2-7H,8-9H2,1H3,(H,19,20). The van der Waals surface area contributed by atoms with Gasteiger partial charge >= 0.3 is 5.97 Å². The Morgan fingerprint density at radius 3 is 2.88 bits per heavy atom. The highest BCUT2D eigenvalue weighted by molar-refractivity contribution is 9.10. The van der Waals surface area contributed by atoms with Gasteiger partial charge in [0.2, 0.25) is 5.91 Å². The second-order valence-corrected chi connectivity index (χ2v) is 6.96. The molecule has 24 heavy (non-hydrogen) atoms. The van der Waals surface area contributed by atoms with E-state index >= 15 is 0 Å². The van der Waals surface area contributed by atoms with Crippen molar-refractivity contribution in [3.8, 4) is 5.75 Å². The summed E-state index contributed by atoms with van der Waals surface area (Å²) >= 11 is 4.85. The summed E-state index contributed by atoms with van der Waals surface area (Å²) in [5.74, 6) is 0.604. The zero-order valence-electron chi connectivity index (χ0n) is 12.8. The largest absolute Gasteiger partial charge is 0.496 e. The van der Waals surface area contributed by atoms with Crippen molar-refractivity contribution in [1.29, 1.82) is 0 Å². The third kappa shape index (κ3) is 3.73. The van der Waals surface area contributed by atoms with E-state index < -0.39 is 5.97 Å². The van der Waals surface area contributed by atoms with Crippen molar-refractivity contribution < 1.29 is 19.1 Å². The molecule has 7 heteroatoms. The molecule has 1 heterocycles. The summed E-state index contributed by atoms with van der Waals surface area (Å²) in [6.45, 7) is 0.152. The first-order chi connectivity index (χ1) is 11.6. The average Bonchev–Trinajstić information content (AvgIpc) is 2.59. The van der Waals surface area contributed by atoms with E-state index in [1.165, 1.54) is 11.8 Å². The van der Waals surface area contributed by atoms with Gasteiger partial charge in [0.05, 0.1) is 28.6 Å². The zero-order chi connectivity index (χ0) is 17.1. The van der Waals surface area contributed by atoms with Crippen molar-refractivity contribution >= 4 is 45.3 Å². The number of benzene rings is 2.